The van der Waals surface area contributed by atoms with Crippen molar-refractivity contribution in [1.29, 1.82) is 0 Å². The van der Waals surface area contributed by atoms with Crippen LogP contribution < -0.4 is 0 Å². The molecule has 0 fully saturated rings. The minimum absolute atomic E-state index is 0.832. The number of hydrogen-bond donors (Lipinski definition) is 2. The zero-order chi connectivity index (χ0) is 36.1. The first-order chi connectivity index (χ1) is 25.9. The summed E-state index contributed by atoms with van der Waals surface area (Å²) in [5.74, 6) is 2.76. The van der Waals surface area contributed by atoms with E-state index >= 15 is 0 Å². The standard InChI is InChI=1S/C49H36N4/c1-5-33-12-20-37(21-13-33)49-44-28-26-42(52-44)47(35-16-8-31(3)9-17-35)40-24-22-38(50-40)46(34-14-6-30(2)7-15-34)39-23-25-41(51-39)48(43-27-29-45(49)53-43)36-18-10-32(4)11-19-36/h1,6-29,50,53H,2-4H3. The topological polar surface area (TPSA) is 57.4 Å². The summed E-state index contributed by atoms with van der Waals surface area (Å²) in [4.78, 5) is 18.4. The number of aromatic nitrogens is 4. The molecular formula is C49H36N4. The fourth-order valence-corrected chi connectivity index (χ4v) is 7.31. The quantitative estimate of drug-likeness (QED) is 0.182. The van der Waals surface area contributed by atoms with Gasteiger partial charge in [0.2, 0.25) is 0 Å². The van der Waals surface area contributed by atoms with Crippen LogP contribution in [0.5, 0.6) is 0 Å². The van der Waals surface area contributed by atoms with Crippen molar-refractivity contribution in [1.82, 2.24) is 19.9 Å². The van der Waals surface area contributed by atoms with E-state index in [1.807, 2.05) is 12.1 Å². The lowest BCUT2D eigenvalue weighted by Crippen LogP contribution is -1.90. The first-order valence-corrected chi connectivity index (χ1v) is 17.9. The van der Waals surface area contributed by atoms with Crippen LogP contribution in [0.4, 0.5) is 0 Å². The van der Waals surface area contributed by atoms with Crippen LogP contribution in [0.25, 0.3) is 90.9 Å². The molecule has 2 aliphatic rings. The lowest BCUT2D eigenvalue weighted by atomic mass is 10.0. The molecule has 7 aromatic rings. The molecule has 2 aliphatic heterocycles. The minimum Gasteiger partial charge on any atom is -0.354 e. The molecule has 53 heavy (non-hydrogen) atoms. The fraction of sp³-hybridized carbons (Fsp3) is 0.0612. The zero-order valence-corrected chi connectivity index (χ0v) is 29.8. The molecule has 0 atom stereocenters. The molecule has 5 heterocycles. The van der Waals surface area contributed by atoms with Gasteiger partial charge in [0.1, 0.15) is 0 Å². The Morgan fingerprint density at radius 2 is 0.642 bits per heavy atom. The van der Waals surface area contributed by atoms with Crippen LogP contribution in [0.15, 0.2) is 121 Å². The number of terminal acetylenes is 1. The Kier molecular flexibility index (Phi) is 7.83. The van der Waals surface area contributed by atoms with Crippen LogP contribution >= 0.6 is 0 Å². The van der Waals surface area contributed by atoms with E-state index in [1.165, 1.54) is 16.7 Å². The summed E-state index contributed by atoms with van der Waals surface area (Å²) in [5.41, 5.74) is 20.2. The van der Waals surface area contributed by atoms with E-state index in [9.17, 15) is 0 Å². The Bertz CT molecular complexity index is 2780. The first kappa shape index (κ1) is 32.0. The smallest absolute Gasteiger partial charge is 0.0737 e. The summed E-state index contributed by atoms with van der Waals surface area (Å²) in [7, 11) is 0. The molecule has 0 aliphatic carbocycles. The van der Waals surface area contributed by atoms with Crippen molar-refractivity contribution in [2.45, 2.75) is 20.8 Å². The van der Waals surface area contributed by atoms with Crippen LogP contribution in [-0.2, 0) is 0 Å². The van der Waals surface area contributed by atoms with E-state index in [4.69, 9.17) is 16.4 Å². The van der Waals surface area contributed by atoms with Crippen molar-refractivity contribution in [2.24, 2.45) is 0 Å². The Labute approximate surface area is 309 Å². The predicted molar refractivity (Wildman–Crippen MR) is 223 cm³/mol. The molecule has 252 valence electrons. The van der Waals surface area contributed by atoms with E-state index in [0.29, 0.717) is 0 Å². The number of hydrogen-bond acceptors (Lipinski definition) is 2. The number of nitrogens with one attached hydrogen (secondary N) is 2. The van der Waals surface area contributed by atoms with E-state index in [1.54, 1.807) is 0 Å². The van der Waals surface area contributed by atoms with Gasteiger partial charge in [-0.25, -0.2) is 9.97 Å². The number of aryl methyl sites for hydroxylation is 3. The number of rotatable bonds is 4. The van der Waals surface area contributed by atoms with Crippen LogP contribution in [0.1, 0.15) is 45.0 Å². The highest BCUT2D eigenvalue weighted by Gasteiger charge is 2.19. The van der Waals surface area contributed by atoms with Gasteiger partial charge in [0.05, 0.1) is 22.8 Å². The summed E-state index contributed by atoms with van der Waals surface area (Å²) in [6.07, 6.45) is 14.3. The molecule has 0 saturated carbocycles. The predicted octanol–water partition coefficient (Wildman–Crippen LogP) is 12.2. The van der Waals surface area contributed by atoms with Crippen LogP contribution in [0.2, 0.25) is 0 Å². The summed E-state index contributed by atoms with van der Waals surface area (Å²) in [6, 6.07) is 42.8. The molecule has 3 aromatic heterocycles. The second-order valence-corrected chi connectivity index (χ2v) is 13.8. The van der Waals surface area contributed by atoms with Gasteiger partial charge >= 0.3 is 0 Å². The molecule has 0 spiro atoms. The van der Waals surface area contributed by atoms with Gasteiger partial charge in [-0.05, 0) is 104 Å². The van der Waals surface area contributed by atoms with Crippen LogP contribution in [0.3, 0.4) is 0 Å². The van der Waals surface area contributed by atoms with Crippen LogP contribution in [0, 0.1) is 33.1 Å². The molecule has 0 amide bonds. The van der Waals surface area contributed by atoms with Gasteiger partial charge in [0.25, 0.3) is 0 Å². The lowest BCUT2D eigenvalue weighted by Gasteiger charge is -2.07. The first-order valence-electron chi connectivity index (χ1n) is 17.9. The van der Waals surface area contributed by atoms with Gasteiger partial charge < -0.3 is 9.97 Å². The number of H-pyrrole nitrogens is 2. The Morgan fingerprint density at radius 3 is 0.906 bits per heavy atom. The van der Waals surface area contributed by atoms with E-state index in [0.717, 1.165) is 94.9 Å². The van der Waals surface area contributed by atoms with Crippen molar-refractivity contribution in [3.63, 3.8) is 0 Å². The molecule has 4 aromatic carbocycles. The Balaban J connectivity index is 1.46. The number of fused-ring (bicyclic) bond motifs is 8. The van der Waals surface area contributed by atoms with Crippen molar-refractivity contribution in [2.75, 3.05) is 0 Å². The molecule has 2 N–H and O–H groups in total. The SMILES string of the molecule is C#Cc1ccc(-c2c3nc(c(-c4ccc(C)cc4)c4ccc([nH]4)c(-c4ccc(C)cc4)c4nc(c(-c5ccc(C)cc5)c5ccc2[nH]5)C=C4)C=C3)cc1. The molecule has 8 bridgehead atoms. The summed E-state index contributed by atoms with van der Waals surface area (Å²) in [6.45, 7) is 6.34. The third-order valence-corrected chi connectivity index (χ3v) is 10.1. The normalized spacial score (nSPS) is 11.9. The van der Waals surface area contributed by atoms with Crippen molar-refractivity contribution >= 4 is 46.4 Å². The molecule has 0 unspecified atom stereocenters. The minimum atomic E-state index is 0.832. The number of benzene rings is 4. The molecule has 4 heteroatoms. The highest BCUT2D eigenvalue weighted by Crippen LogP contribution is 2.38. The monoisotopic (exact) mass is 680 g/mol. The highest BCUT2D eigenvalue weighted by atomic mass is 14.8. The van der Waals surface area contributed by atoms with Crippen molar-refractivity contribution in [3.8, 4) is 56.9 Å². The lowest BCUT2D eigenvalue weighted by molar-refractivity contribution is 1.31. The molecule has 0 saturated heterocycles. The number of aromatic amines is 2. The van der Waals surface area contributed by atoms with E-state index in [-0.39, 0.29) is 0 Å². The summed E-state index contributed by atoms with van der Waals surface area (Å²) >= 11 is 0. The van der Waals surface area contributed by atoms with E-state index in [2.05, 4.69) is 170 Å². The largest absolute Gasteiger partial charge is 0.354 e. The van der Waals surface area contributed by atoms with Gasteiger partial charge in [-0.3, -0.25) is 0 Å². The Hall–Kier alpha value is -6.96. The third-order valence-electron chi connectivity index (χ3n) is 10.1. The van der Waals surface area contributed by atoms with Gasteiger partial charge in [0, 0.05) is 49.9 Å². The maximum Gasteiger partial charge on any atom is 0.0737 e. The van der Waals surface area contributed by atoms with Gasteiger partial charge in [-0.2, -0.15) is 0 Å². The average Bonchev–Trinajstić information content (AvgIpc) is 4.02. The average molecular weight is 681 g/mol. The van der Waals surface area contributed by atoms with Crippen LogP contribution in [-0.4, -0.2) is 19.9 Å². The van der Waals surface area contributed by atoms with Crippen molar-refractivity contribution < 1.29 is 0 Å². The summed E-state index contributed by atoms with van der Waals surface area (Å²) < 4.78 is 0. The zero-order valence-electron chi connectivity index (χ0n) is 29.8. The molecule has 0 radical (unpaired) electrons. The number of nitrogens with zero attached hydrogens (tertiary/aromatic N) is 2. The molecule has 4 nitrogen and oxygen atoms in total. The van der Waals surface area contributed by atoms with Gasteiger partial charge in [-0.1, -0.05) is 108 Å². The Morgan fingerprint density at radius 1 is 0.377 bits per heavy atom. The second-order valence-electron chi connectivity index (χ2n) is 13.8. The third kappa shape index (κ3) is 5.89. The maximum atomic E-state index is 5.76. The summed E-state index contributed by atoms with van der Waals surface area (Å²) in [5, 5.41) is 0. The molecular weight excluding hydrogens is 645 g/mol. The fourth-order valence-electron chi connectivity index (χ4n) is 7.31. The van der Waals surface area contributed by atoms with Gasteiger partial charge in [-0.15, -0.1) is 6.42 Å². The highest BCUT2D eigenvalue weighted by molar-refractivity contribution is 5.99. The second kappa shape index (κ2) is 13.0. The van der Waals surface area contributed by atoms with E-state index < -0.39 is 0 Å². The van der Waals surface area contributed by atoms with Gasteiger partial charge in [0.15, 0.2) is 0 Å². The van der Waals surface area contributed by atoms with Crippen molar-refractivity contribution in [3.05, 3.63) is 166 Å². The molecule has 9 rings (SSSR count). The maximum absolute atomic E-state index is 5.76.